The zero-order valence-corrected chi connectivity index (χ0v) is 6.56. The highest BCUT2D eigenvalue weighted by molar-refractivity contribution is 7.87. The molecule has 4 nitrogen and oxygen atoms in total. The average Bonchev–Trinajstić information content (AvgIpc) is 1.73. The van der Waals surface area contributed by atoms with E-state index in [1.165, 1.54) is 0 Å². The third-order valence-electron chi connectivity index (χ3n) is 1.29. The normalized spacial score (nSPS) is 28.0. The first-order valence-electron chi connectivity index (χ1n) is 2.80. The predicted molar refractivity (Wildman–Crippen MR) is 33.7 cm³/mol. The molecule has 0 aromatic heterocycles. The molecule has 0 aromatic carbocycles. The fourth-order valence-corrected chi connectivity index (χ4v) is 2.28. The van der Waals surface area contributed by atoms with E-state index < -0.39 is 21.5 Å². The highest BCUT2D eigenvalue weighted by Gasteiger charge is 2.45. The van der Waals surface area contributed by atoms with Gasteiger partial charge in [-0.15, -0.1) is 0 Å². The summed E-state index contributed by atoms with van der Waals surface area (Å²) in [5, 5.41) is 0. The van der Waals surface area contributed by atoms with Crippen molar-refractivity contribution in [1.29, 1.82) is 0 Å². The van der Waals surface area contributed by atoms with Crippen LogP contribution in [0.2, 0.25) is 0 Å². The van der Waals surface area contributed by atoms with Crippen molar-refractivity contribution in [3.05, 3.63) is 0 Å². The Labute approximate surface area is 59.3 Å². The molecule has 1 fully saturated rings. The van der Waals surface area contributed by atoms with E-state index in [-0.39, 0.29) is 5.75 Å². The standard InChI is InChI=1S/C5H8O4S/c1-5(2)3-10(7,8)9-4(5)6/h3H2,1-2H3. The first-order valence-corrected chi connectivity index (χ1v) is 4.38. The van der Waals surface area contributed by atoms with Crippen LogP contribution >= 0.6 is 0 Å². The van der Waals surface area contributed by atoms with Crippen molar-refractivity contribution in [3.63, 3.8) is 0 Å². The Morgan fingerprint density at radius 1 is 1.50 bits per heavy atom. The molecule has 0 radical (unpaired) electrons. The number of hydrogen-bond donors (Lipinski definition) is 0. The van der Waals surface area contributed by atoms with Gasteiger partial charge < -0.3 is 4.18 Å². The number of rotatable bonds is 0. The first kappa shape index (κ1) is 7.53. The zero-order chi connectivity index (χ0) is 7.99. The molecule has 0 aliphatic carbocycles. The van der Waals surface area contributed by atoms with Gasteiger partial charge in [0.2, 0.25) is 0 Å². The molecule has 1 saturated heterocycles. The van der Waals surface area contributed by atoms with Crippen LogP contribution < -0.4 is 0 Å². The van der Waals surface area contributed by atoms with Crippen LogP contribution in [0, 0.1) is 5.41 Å². The molecule has 1 aliphatic rings. The van der Waals surface area contributed by atoms with E-state index in [0.29, 0.717) is 0 Å². The molecule has 10 heavy (non-hydrogen) atoms. The Hall–Kier alpha value is -0.580. The van der Waals surface area contributed by atoms with Gasteiger partial charge in [0, 0.05) is 0 Å². The van der Waals surface area contributed by atoms with Crippen molar-refractivity contribution in [3.8, 4) is 0 Å². The molecule has 0 amide bonds. The van der Waals surface area contributed by atoms with Gasteiger partial charge in [-0.3, -0.25) is 4.79 Å². The summed E-state index contributed by atoms with van der Waals surface area (Å²) < 4.78 is 25.3. The molecule has 0 aromatic rings. The van der Waals surface area contributed by atoms with Crippen LogP contribution in [-0.4, -0.2) is 20.1 Å². The van der Waals surface area contributed by atoms with Crippen molar-refractivity contribution < 1.29 is 17.4 Å². The largest absolute Gasteiger partial charge is 0.345 e. The molecule has 1 aliphatic heterocycles. The Bertz CT molecular complexity index is 261. The van der Waals surface area contributed by atoms with Crippen LogP contribution in [0.1, 0.15) is 13.8 Å². The molecule has 0 unspecified atom stereocenters. The van der Waals surface area contributed by atoms with Gasteiger partial charge in [-0.25, -0.2) is 0 Å². The molecule has 58 valence electrons. The highest BCUT2D eigenvalue weighted by atomic mass is 32.2. The number of carbonyl (C=O) groups excluding carboxylic acids is 1. The number of hydrogen-bond acceptors (Lipinski definition) is 4. The summed E-state index contributed by atoms with van der Waals surface area (Å²) in [6.45, 7) is 3.08. The average molecular weight is 164 g/mol. The van der Waals surface area contributed by atoms with Gasteiger partial charge in [0.05, 0.1) is 5.41 Å². The minimum absolute atomic E-state index is 0.209. The van der Waals surface area contributed by atoms with Crippen LogP contribution in [0.3, 0.4) is 0 Å². The van der Waals surface area contributed by atoms with Crippen molar-refractivity contribution in [1.82, 2.24) is 0 Å². The second-order valence-corrected chi connectivity index (χ2v) is 4.53. The monoisotopic (exact) mass is 164 g/mol. The summed E-state index contributed by atoms with van der Waals surface area (Å²) in [6, 6.07) is 0. The van der Waals surface area contributed by atoms with E-state index in [1.807, 2.05) is 0 Å². The zero-order valence-electron chi connectivity index (χ0n) is 5.75. The molecule has 0 saturated carbocycles. The lowest BCUT2D eigenvalue weighted by Crippen LogP contribution is -2.20. The summed E-state index contributed by atoms with van der Waals surface area (Å²) in [6.07, 6.45) is 0. The molecular weight excluding hydrogens is 156 g/mol. The Kier molecular flexibility index (Phi) is 1.29. The van der Waals surface area contributed by atoms with Gasteiger partial charge >= 0.3 is 16.1 Å². The van der Waals surface area contributed by atoms with Gasteiger partial charge in [-0.05, 0) is 13.8 Å². The predicted octanol–water partition coefficient (Wildman–Crippen LogP) is -0.101. The summed E-state index contributed by atoms with van der Waals surface area (Å²) >= 11 is 0. The van der Waals surface area contributed by atoms with E-state index in [4.69, 9.17) is 0 Å². The molecule has 1 rings (SSSR count). The van der Waals surface area contributed by atoms with Gasteiger partial charge in [-0.1, -0.05) is 0 Å². The van der Waals surface area contributed by atoms with Gasteiger partial charge in [0.1, 0.15) is 5.75 Å². The minimum atomic E-state index is -3.55. The van der Waals surface area contributed by atoms with E-state index in [9.17, 15) is 13.2 Å². The Balaban J connectivity index is 3.03. The van der Waals surface area contributed by atoms with E-state index in [2.05, 4.69) is 4.18 Å². The fraction of sp³-hybridized carbons (Fsp3) is 0.800. The molecule has 0 bridgehead atoms. The topological polar surface area (TPSA) is 60.4 Å². The summed E-state index contributed by atoms with van der Waals surface area (Å²) in [7, 11) is -3.55. The summed E-state index contributed by atoms with van der Waals surface area (Å²) in [5.41, 5.74) is -0.862. The first-order chi connectivity index (χ1) is 4.33. The molecule has 0 N–H and O–H groups in total. The van der Waals surface area contributed by atoms with Crippen molar-refractivity contribution in [2.45, 2.75) is 13.8 Å². The van der Waals surface area contributed by atoms with Crippen molar-refractivity contribution >= 4 is 16.1 Å². The molecular formula is C5H8O4S. The fourth-order valence-electron chi connectivity index (χ4n) is 0.758. The maximum atomic E-state index is 10.7. The SMILES string of the molecule is CC1(C)CS(=O)(=O)OC1=O. The molecule has 5 heteroatoms. The van der Waals surface area contributed by atoms with E-state index >= 15 is 0 Å². The van der Waals surface area contributed by atoms with Gasteiger partial charge in [0.15, 0.2) is 0 Å². The maximum absolute atomic E-state index is 10.7. The minimum Gasteiger partial charge on any atom is -0.345 e. The second-order valence-electron chi connectivity index (χ2n) is 2.96. The second kappa shape index (κ2) is 1.72. The lowest BCUT2D eigenvalue weighted by molar-refractivity contribution is -0.139. The smallest absolute Gasteiger partial charge is 0.328 e. The molecule has 1 heterocycles. The van der Waals surface area contributed by atoms with Crippen molar-refractivity contribution in [2.24, 2.45) is 5.41 Å². The quantitative estimate of drug-likeness (QED) is 0.469. The van der Waals surface area contributed by atoms with Crippen molar-refractivity contribution in [2.75, 3.05) is 5.75 Å². The Morgan fingerprint density at radius 3 is 2.10 bits per heavy atom. The highest BCUT2D eigenvalue weighted by Crippen LogP contribution is 2.28. The number of carbonyl (C=O) groups is 1. The van der Waals surface area contributed by atoms with Gasteiger partial charge in [-0.2, -0.15) is 8.42 Å². The summed E-state index contributed by atoms with van der Waals surface area (Å²) in [4.78, 5) is 10.7. The van der Waals surface area contributed by atoms with Gasteiger partial charge in [0.25, 0.3) is 0 Å². The lowest BCUT2D eigenvalue weighted by Gasteiger charge is -2.05. The van der Waals surface area contributed by atoms with Crippen LogP contribution in [-0.2, 0) is 19.1 Å². The van der Waals surface area contributed by atoms with E-state index in [0.717, 1.165) is 0 Å². The lowest BCUT2D eigenvalue weighted by atomic mass is 9.97. The van der Waals surface area contributed by atoms with Crippen LogP contribution in [0.4, 0.5) is 0 Å². The van der Waals surface area contributed by atoms with Crippen LogP contribution in [0.15, 0.2) is 0 Å². The third kappa shape index (κ3) is 1.13. The van der Waals surface area contributed by atoms with E-state index in [1.54, 1.807) is 13.8 Å². The summed E-state index contributed by atoms with van der Waals surface area (Å²) in [5.74, 6) is -0.869. The van der Waals surface area contributed by atoms with Crippen LogP contribution in [0.5, 0.6) is 0 Å². The third-order valence-corrected chi connectivity index (χ3v) is 2.77. The molecule has 0 atom stereocenters. The maximum Gasteiger partial charge on any atom is 0.328 e. The van der Waals surface area contributed by atoms with Crippen LogP contribution in [0.25, 0.3) is 0 Å². The molecule has 0 spiro atoms. The Morgan fingerprint density at radius 2 is 2.00 bits per heavy atom.